The smallest absolute Gasteiger partial charge is 0.311 e. The molecular weight excluding hydrogens is 439 g/mol. The summed E-state index contributed by atoms with van der Waals surface area (Å²) in [5.41, 5.74) is 3.51. The predicted molar refractivity (Wildman–Crippen MR) is 128 cm³/mol. The first kappa shape index (κ1) is 23.8. The summed E-state index contributed by atoms with van der Waals surface area (Å²) < 4.78 is 19.0. The van der Waals surface area contributed by atoms with Crippen molar-refractivity contribution in [2.45, 2.75) is 20.3 Å². The minimum absolute atomic E-state index is 0.0777. The average Bonchev–Trinajstić information content (AvgIpc) is 3.26. The molecule has 0 spiro atoms. The molecule has 10 heteroatoms. The number of hydrogen-bond donors (Lipinski definition) is 2. The van der Waals surface area contributed by atoms with E-state index < -0.39 is 4.92 Å². The number of aromatic nitrogens is 3. The molecule has 0 bridgehead atoms. The first-order valence-corrected chi connectivity index (χ1v) is 11.5. The summed E-state index contributed by atoms with van der Waals surface area (Å²) in [6.07, 6.45) is 0.691. The number of rotatable bonds is 9. The van der Waals surface area contributed by atoms with Crippen molar-refractivity contribution in [3.05, 3.63) is 58.0 Å². The number of nitrogens with zero attached hydrogens (tertiary/aromatic N) is 4. The number of aromatic amines is 1. The van der Waals surface area contributed by atoms with Crippen molar-refractivity contribution in [3.8, 4) is 22.5 Å². The molecule has 1 aliphatic heterocycles. The molecular formula is C24H29FN6O3. The molecule has 2 N–H and O–H groups in total. The van der Waals surface area contributed by atoms with Gasteiger partial charge in [-0.25, -0.2) is 9.37 Å². The summed E-state index contributed by atoms with van der Waals surface area (Å²) in [4.78, 5) is 18.1. The van der Waals surface area contributed by atoms with Crippen LogP contribution in [0.3, 0.4) is 0 Å². The highest BCUT2D eigenvalue weighted by Gasteiger charge is 2.23. The number of anilines is 1. The van der Waals surface area contributed by atoms with Gasteiger partial charge in [0, 0.05) is 55.5 Å². The molecule has 3 aromatic rings. The van der Waals surface area contributed by atoms with Crippen molar-refractivity contribution < 1.29 is 14.1 Å². The minimum atomic E-state index is -0.435. The minimum Gasteiger partial charge on any atom is -0.379 e. The van der Waals surface area contributed by atoms with Crippen LogP contribution >= 0.6 is 0 Å². The van der Waals surface area contributed by atoms with E-state index in [4.69, 9.17) is 4.74 Å². The lowest BCUT2D eigenvalue weighted by Crippen LogP contribution is -2.37. The summed E-state index contributed by atoms with van der Waals surface area (Å²) in [5.74, 6) is 0.182. The van der Waals surface area contributed by atoms with E-state index in [1.807, 2.05) is 13.8 Å². The van der Waals surface area contributed by atoms with Crippen molar-refractivity contribution >= 4 is 11.5 Å². The Morgan fingerprint density at radius 1 is 1.21 bits per heavy atom. The van der Waals surface area contributed by atoms with E-state index in [0.29, 0.717) is 37.6 Å². The first-order valence-electron chi connectivity index (χ1n) is 11.5. The lowest BCUT2D eigenvalue weighted by atomic mass is 10.0. The second-order valence-corrected chi connectivity index (χ2v) is 8.73. The summed E-state index contributed by atoms with van der Waals surface area (Å²) in [6, 6.07) is 9.24. The van der Waals surface area contributed by atoms with Gasteiger partial charge in [-0.3, -0.25) is 20.1 Å². The topological polar surface area (TPSA) is 109 Å². The number of pyridine rings is 1. The first-order chi connectivity index (χ1) is 16.4. The third-order valence-corrected chi connectivity index (χ3v) is 5.75. The van der Waals surface area contributed by atoms with Crippen LogP contribution in [0, 0.1) is 21.8 Å². The van der Waals surface area contributed by atoms with Crippen molar-refractivity contribution in [2.75, 3.05) is 44.7 Å². The second kappa shape index (κ2) is 10.7. The van der Waals surface area contributed by atoms with Gasteiger partial charge in [-0.15, -0.1) is 0 Å². The Kier molecular flexibility index (Phi) is 7.49. The quantitative estimate of drug-likeness (QED) is 0.359. The fourth-order valence-electron chi connectivity index (χ4n) is 3.92. The fraction of sp³-hybridized carbons (Fsp3) is 0.417. The van der Waals surface area contributed by atoms with E-state index in [0.717, 1.165) is 36.5 Å². The van der Waals surface area contributed by atoms with Gasteiger partial charge in [-0.1, -0.05) is 13.8 Å². The van der Waals surface area contributed by atoms with Crippen molar-refractivity contribution in [2.24, 2.45) is 5.92 Å². The van der Waals surface area contributed by atoms with Gasteiger partial charge in [0.1, 0.15) is 11.5 Å². The number of hydrogen-bond acceptors (Lipinski definition) is 7. The molecule has 3 heterocycles. The number of H-pyrrole nitrogens is 1. The highest BCUT2D eigenvalue weighted by atomic mass is 19.1. The summed E-state index contributed by atoms with van der Waals surface area (Å²) in [5, 5.41) is 22.4. The Balaban J connectivity index is 1.74. The third kappa shape index (κ3) is 5.57. The fourth-order valence-corrected chi connectivity index (χ4v) is 3.92. The summed E-state index contributed by atoms with van der Waals surface area (Å²) >= 11 is 0. The van der Waals surface area contributed by atoms with E-state index in [2.05, 4.69) is 25.4 Å². The molecule has 1 aromatic carbocycles. The molecule has 0 amide bonds. The summed E-state index contributed by atoms with van der Waals surface area (Å²) in [7, 11) is 0. The van der Waals surface area contributed by atoms with Crippen molar-refractivity contribution in [1.29, 1.82) is 0 Å². The maximum Gasteiger partial charge on any atom is 0.311 e. The molecule has 1 saturated heterocycles. The number of benzene rings is 1. The van der Waals surface area contributed by atoms with Crippen LogP contribution in [0.15, 0.2) is 36.4 Å². The summed E-state index contributed by atoms with van der Waals surface area (Å²) in [6.45, 7) is 8.58. The molecule has 0 saturated carbocycles. The molecule has 9 nitrogen and oxygen atoms in total. The molecule has 0 aliphatic carbocycles. The molecule has 0 unspecified atom stereocenters. The van der Waals surface area contributed by atoms with Gasteiger partial charge in [0.2, 0.25) is 5.82 Å². The van der Waals surface area contributed by atoms with Crippen molar-refractivity contribution in [1.82, 2.24) is 20.1 Å². The Morgan fingerprint density at radius 2 is 1.94 bits per heavy atom. The molecule has 180 valence electrons. The zero-order valence-corrected chi connectivity index (χ0v) is 19.4. The maximum absolute atomic E-state index is 13.6. The largest absolute Gasteiger partial charge is 0.379 e. The lowest BCUT2D eigenvalue weighted by molar-refractivity contribution is -0.384. The molecule has 1 fully saturated rings. The lowest BCUT2D eigenvalue weighted by Gasteiger charge is -2.26. The number of nitro groups is 1. The number of morpholine rings is 1. The highest BCUT2D eigenvalue weighted by Crippen LogP contribution is 2.35. The third-order valence-electron chi connectivity index (χ3n) is 5.75. The van der Waals surface area contributed by atoms with Gasteiger partial charge < -0.3 is 10.1 Å². The molecule has 4 rings (SSSR count). The van der Waals surface area contributed by atoms with Gasteiger partial charge in [0.15, 0.2) is 0 Å². The van der Waals surface area contributed by atoms with Crippen LogP contribution in [0.2, 0.25) is 0 Å². The molecule has 1 aliphatic rings. The Bertz CT molecular complexity index is 1130. The van der Waals surface area contributed by atoms with Gasteiger partial charge in [-0.05, 0) is 36.2 Å². The van der Waals surface area contributed by atoms with Crippen LogP contribution in [-0.2, 0) is 11.2 Å². The molecule has 2 aromatic heterocycles. The van der Waals surface area contributed by atoms with Gasteiger partial charge in [-0.2, -0.15) is 5.10 Å². The van der Waals surface area contributed by atoms with Crippen LogP contribution in [0.4, 0.5) is 15.9 Å². The van der Waals surface area contributed by atoms with Gasteiger partial charge in [0.05, 0.1) is 23.8 Å². The van der Waals surface area contributed by atoms with E-state index in [1.54, 1.807) is 18.2 Å². The normalized spacial score (nSPS) is 14.5. The maximum atomic E-state index is 13.6. The average molecular weight is 469 g/mol. The Hall–Kier alpha value is -3.37. The Morgan fingerprint density at radius 3 is 2.62 bits per heavy atom. The number of halogens is 1. The monoisotopic (exact) mass is 468 g/mol. The SMILES string of the molecule is CC(C)CNc1nc(-c2c(-c3ccc(F)cc3)n[nH]c2CCN2CCOCC2)ccc1[N+](=O)[O-]. The number of ether oxygens (including phenoxy) is 1. The van der Waals surface area contributed by atoms with Crippen LogP contribution < -0.4 is 5.32 Å². The van der Waals surface area contributed by atoms with Gasteiger partial charge in [0.25, 0.3) is 0 Å². The second-order valence-electron chi connectivity index (χ2n) is 8.73. The van der Waals surface area contributed by atoms with Crippen LogP contribution in [-0.4, -0.2) is 64.4 Å². The van der Waals surface area contributed by atoms with E-state index in [-0.39, 0.29) is 23.2 Å². The highest BCUT2D eigenvalue weighted by molar-refractivity contribution is 5.82. The van der Waals surface area contributed by atoms with E-state index in [9.17, 15) is 14.5 Å². The molecule has 0 radical (unpaired) electrons. The van der Waals surface area contributed by atoms with Crippen molar-refractivity contribution in [3.63, 3.8) is 0 Å². The standard InChI is InChI=1S/C24H29FN6O3/c1-16(2)15-26-24-21(31(32)33)8-7-19(27-24)22-20(9-10-30-11-13-34-14-12-30)28-29-23(22)17-3-5-18(25)6-4-17/h3-8,16H,9-15H2,1-2H3,(H,26,27)(H,28,29). The predicted octanol–water partition coefficient (Wildman–Crippen LogP) is 4.13. The molecule has 0 atom stereocenters. The van der Waals surface area contributed by atoms with E-state index >= 15 is 0 Å². The van der Waals surface area contributed by atoms with Crippen LogP contribution in [0.25, 0.3) is 22.5 Å². The Labute approximate surface area is 197 Å². The molecule has 34 heavy (non-hydrogen) atoms. The van der Waals surface area contributed by atoms with Crippen LogP contribution in [0.1, 0.15) is 19.5 Å². The number of nitrogens with one attached hydrogen (secondary N) is 2. The van der Waals surface area contributed by atoms with Gasteiger partial charge >= 0.3 is 5.69 Å². The zero-order valence-electron chi connectivity index (χ0n) is 19.4. The van der Waals surface area contributed by atoms with Crippen LogP contribution in [0.5, 0.6) is 0 Å². The zero-order chi connectivity index (χ0) is 24.1. The van der Waals surface area contributed by atoms with E-state index in [1.165, 1.54) is 18.2 Å².